The molecule has 1 saturated heterocycles. The monoisotopic (exact) mass is 406 g/mol. The van der Waals surface area contributed by atoms with Crippen molar-refractivity contribution in [2.24, 2.45) is 5.92 Å². The van der Waals surface area contributed by atoms with Crippen molar-refractivity contribution < 1.29 is 17.9 Å². The molecule has 8 nitrogen and oxygen atoms in total. The first-order valence-corrected chi connectivity index (χ1v) is 9.78. The van der Waals surface area contributed by atoms with Crippen molar-refractivity contribution >= 4 is 39.7 Å². The number of benzene rings is 1. The van der Waals surface area contributed by atoms with Gasteiger partial charge >= 0.3 is 0 Å². The van der Waals surface area contributed by atoms with Crippen molar-refractivity contribution in [3.05, 3.63) is 18.2 Å². The SMILES string of the molecule is CNS(=O)(=O)c1ccc(NCCOC)c(NC(=O)C2CCNCC2)c1.Cl. The maximum Gasteiger partial charge on any atom is 0.240 e. The molecule has 148 valence electrons. The van der Waals surface area contributed by atoms with Crippen LogP contribution in [0.1, 0.15) is 12.8 Å². The van der Waals surface area contributed by atoms with Crippen LogP contribution >= 0.6 is 12.4 Å². The van der Waals surface area contributed by atoms with Crippen molar-refractivity contribution in [1.82, 2.24) is 10.0 Å². The van der Waals surface area contributed by atoms with E-state index in [-0.39, 0.29) is 29.1 Å². The number of carbonyl (C=O) groups is 1. The zero-order chi connectivity index (χ0) is 18.3. The Morgan fingerprint density at radius 2 is 1.96 bits per heavy atom. The van der Waals surface area contributed by atoms with Gasteiger partial charge in [-0.1, -0.05) is 0 Å². The molecule has 0 unspecified atom stereocenters. The van der Waals surface area contributed by atoms with Crippen LogP contribution in [0.3, 0.4) is 0 Å². The summed E-state index contributed by atoms with van der Waals surface area (Å²) in [7, 11) is -0.631. The van der Waals surface area contributed by atoms with Crippen molar-refractivity contribution in [2.45, 2.75) is 17.7 Å². The molecule has 0 spiro atoms. The molecule has 1 heterocycles. The second-order valence-electron chi connectivity index (χ2n) is 5.85. The van der Waals surface area contributed by atoms with Crippen LogP contribution in [0.25, 0.3) is 0 Å². The van der Waals surface area contributed by atoms with Crippen LogP contribution in [-0.4, -0.2) is 54.7 Å². The summed E-state index contributed by atoms with van der Waals surface area (Å²) in [6, 6.07) is 4.62. The van der Waals surface area contributed by atoms with Gasteiger partial charge in [-0.3, -0.25) is 4.79 Å². The summed E-state index contributed by atoms with van der Waals surface area (Å²) in [4.78, 5) is 12.6. The second-order valence-corrected chi connectivity index (χ2v) is 7.73. The van der Waals surface area contributed by atoms with Gasteiger partial charge in [-0.05, 0) is 51.2 Å². The van der Waals surface area contributed by atoms with Crippen LogP contribution in [0.5, 0.6) is 0 Å². The molecule has 1 aliphatic rings. The van der Waals surface area contributed by atoms with Gasteiger partial charge in [0.2, 0.25) is 15.9 Å². The first-order valence-electron chi connectivity index (χ1n) is 8.30. The van der Waals surface area contributed by atoms with E-state index >= 15 is 0 Å². The number of hydrogen-bond acceptors (Lipinski definition) is 6. The summed E-state index contributed by atoms with van der Waals surface area (Å²) >= 11 is 0. The zero-order valence-corrected chi connectivity index (χ0v) is 16.6. The van der Waals surface area contributed by atoms with Crippen LogP contribution < -0.4 is 20.7 Å². The zero-order valence-electron chi connectivity index (χ0n) is 15.0. The van der Waals surface area contributed by atoms with Gasteiger partial charge in [-0.15, -0.1) is 12.4 Å². The summed E-state index contributed by atoms with van der Waals surface area (Å²) in [5, 5.41) is 9.26. The number of anilines is 2. The van der Waals surface area contributed by atoms with E-state index in [4.69, 9.17) is 4.74 Å². The van der Waals surface area contributed by atoms with E-state index in [1.165, 1.54) is 19.2 Å². The molecule has 0 aromatic heterocycles. The Balaban J connectivity index is 0.00000338. The first kappa shape index (κ1) is 22.7. The quantitative estimate of drug-likeness (QED) is 0.480. The number of hydrogen-bond donors (Lipinski definition) is 4. The van der Waals surface area contributed by atoms with Crippen LogP contribution in [0.4, 0.5) is 11.4 Å². The topological polar surface area (TPSA) is 109 Å². The van der Waals surface area contributed by atoms with Gasteiger partial charge in [0.25, 0.3) is 0 Å². The van der Waals surface area contributed by atoms with E-state index in [0.717, 1.165) is 25.9 Å². The van der Waals surface area contributed by atoms with Gasteiger partial charge in [-0.25, -0.2) is 13.1 Å². The van der Waals surface area contributed by atoms with Crippen molar-refractivity contribution in [3.63, 3.8) is 0 Å². The minimum Gasteiger partial charge on any atom is -0.383 e. The number of sulfonamides is 1. The van der Waals surface area contributed by atoms with Crippen LogP contribution in [0, 0.1) is 5.92 Å². The molecule has 1 aliphatic heterocycles. The highest BCUT2D eigenvalue weighted by Gasteiger charge is 2.22. The van der Waals surface area contributed by atoms with E-state index in [9.17, 15) is 13.2 Å². The van der Waals surface area contributed by atoms with Crippen molar-refractivity contribution in [3.8, 4) is 0 Å². The summed E-state index contributed by atoms with van der Waals surface area (Å²) in [5.41, 5.74) is 1.12. The number of halogens is 1. The lowest BCUT2D eigenvalue weighted by molar-refractivity contribution is -0.120. The Labute approximate surface area is 160 Å². The highest BCUT2D eigenvalue weighted by molar-refractivity contribution is 7.89. The smallest absolute Gasteiger partial charge is 0.240 e. The fourth-order valence-corrected chi connectivity index (χ4v) is 3.43. The molecule has 0 aliphatic carbocycles. The van der Waals surface area contributed by atoms with E-state index in [2.05, 4.69) is 20.7 Å². The number of ether oxygens (including phenoxy) is 1. The molecule has 1 aromatic rings. The predicted molar refractivity (Wildman–Crippen MR) is 105 cm³/mol. The second kappa shape index (κ2) is 10.7. The molecule has 1 fully saturated rings. The lowest BCUT2D eigenvalue weighted by Crippen LogP contribution is -2.34. The van der Waals surface area contributed by atoms with E-state index < -0.39 is 10.0 Å². The predicted octanol–water partition coefficient (Wildman–Crippen LogP) is 1.01. The highest BCUT2D eigenvalue weighted by Crippen LogP contribution is 2.27. The Bertz CT molecular complexity index is 693. The molecule has 26 heavy (non-hydrogen) atoms. The molecule has 1 amide bonds. The first-order chi connectivity index (χ1) is 12.0. The summed E-state index contributed by atoms with van der Waals surface area (Å²) < 4.78 is 31.4. The van der Waals surface area contributed by atoms with Crippen LogP contribution in [0.15, 0.2) is 23.1 Å². The van der Waals surface area contributed by atoms with Crippen LogP contribution in [-0.2, 0) is 19.6 Å². The third kappa shape index (κ3) is 6.10. The number of methoxy groups -OCH3 is 1. The van der Waals surface area contributed by atoms with Crippen LogP contribution in [0.2, 0.25) is 0 Å². The fourth-order valence-electron chi connectivity index (χ4n) is 2.67. The van der Waals surface area contributed by atoms with Gasteiger partial charge in [0, 0.05) is 19.6 Å². The minimum atomic E-state index is -3.59. The van der Waals surface area contributed by atoms with E-state index in [1.807, 2.05) is 0 Å². The number of amides is 1. The van der Waals surface area contributed by atoms with Gasteiger partial charge in [0.1, 0.15) is 0 Å². The minimum absolute atomic E-state index is 0. The number of piperidine rings is 1. The van der Waals surface area contributed by atoms with Gasteiger partial charge in [0.15, 0.2) is 0 Å². The summed E-state index contributed by atoms with van der Waals surface area (Å²) in [5.74, 6) is -0.159. The normalized spacial score (nSPS) is 15.2. The maximum absolute atomic E-state index is 12.5. The number of rotatable bonds is 8. The fraction of sp³-hybridized carbons (Fsp3) is 0.562. The lowest BCUT2D eigenvalue weighted by Gasteiger charge is -2.23. The largest absolute Gasteiger partial charge is 0.383 e. The van der Waals surface area contributed by atoms with Crippen molar-refractivity contribution in [2.75, 3.05) is 51.0 Å². The molecule has 0 radical (unpaired) electrons. The molecule has 0 bridgehead atoms. The molecule has 10 heteroatoms. The average molecular weight is 407 g/mol. The summed E-state index contributed by atoms with van der Waals surface area (Å²) in [6.07, 6.45) is 1.54. The molecule has 4 N–H and O–H groups in total. The molecule has 0 saturated carbocycles. The Kier molecular flexibility index (Phi) is 9.31. The molecule has 1 aromatic carbocycles. The van der Waals surface area contributed by atoms with Gasteiger partial charge < -0.3 is 20.7 Å². The van der Waals surface area contributed by atoms with Gasteiger partial charge in [0.05, 0.1) is 22.9 Å². The Morgan fingerprint density at radius 1 is 1.27 bits per heavy atom. The molecule has 2 rings (SSSR count). The molecular weight excluding hydrogens is 380 g/mol. The van der Waals surface area contributed by atoms with Gasteiger partial charge in [-0.2, -0.15) is 0 Å². The third-order valence-electron chi connectivity index (χ3n) is 4.16. The summed E-state index contributed by atoms with van der Waals surface area (Å²) in [6.45, 7) is 2.67. The molecular formula is C16H27ClN4O4S. The Hall–Kier alpha value is -1.39. The number of nitrogens with one attached hydrogen (secondary N) is 4. The van der Waals surface area contributed by atoms with Crippen molar-refractivity contribution in [1.29, 1.82) is 0 Å². The maximum atomic E-state index is 12.5. The standard InChI is InChI=1S/C16H26N4O4S.ClH/c1-17-25(22,23)13-3-4-14(19-9-10-24-2)15(11-13)20-16(21)12-5-7-18-8-6-12;/h3-4,11-12,17-19H,5-10H2,1-2H3,(H,20,21);1H. The molecule has 0 atom stereocenters. The number of carbonyl (C=O) groups excluding carboxylic acids is 1. The Morgan fingerprint density at radius 3 is 2.58 bits per heavy atom. The average Bonchev–Trinajstić information content (AvgIpc) is 2.63. The third-order valence-corrected chi connectivity index (χ3v) is 5.57. The highest BCUT2D eigenvalue weighted by atomic mass is 35.5. The van der Waals surface area contributed by atoms with E-state index in [0.29, 0.717) is 24.5 Å². The lowest BCUT2D eigenvalue weighted by atomic mass is 9.97. The van der Waals surface area contributed by atoms with E-state index in [1.54, 1.807) is 13.2 Å².